The fraction of sp³-hybridized carbons (Fsp3) is 0.273. The lowest BCUT2D eigenvalue weighted by molar-refractivity contribution is 0.0457. The number of carbonyl (C=O) groups is 1. The first-order valence-electron chi connectivity index (χ1n) is 9.87. The summed E-state index contributed by atoms with van der Waals surface area (Å²) < 4.78 is 7.16. The number of aromatic nitrogens is 5. The van der Waals surface area contributed by atoms with Gasteiger partial charge in [0.05, 0.1) is 12.1 Å². The van der Waals surface area contributed by atoms with E-state index >= 15 is 0 Å². The number of ether oxygens (including phenoxy) is 1. The fourth-order valence-corrected chi connectivity index (χ4v) is 3.95. The number of aryl methyl sites for hydroxylation is 2. The molecule has 5 rings (SSSR count). The van der Waals surface area contributed by atoms with Gasteiger partial charge in [-0.1, -0.05) is 30.3 Å². The van der Waals surface area contributed by atoms with Gasteiger partial charge in [0.2, 0.25) is 0 Å². The molecule has 2 heterocycles. The number of nitrogens with one attached hydrogen (secondary N) is 1. The van der Waals surface area contributed by atoms with Gasteiger partial charge in [-0.15, -0.1) is 5.10 Å². The summed E-state index contributed by atoms with van der Waals surface area (Å²) in [6.07, 6.45) is 4.54. The van der Waals surface area contributed by atoms with E-state index in [1.54, 1.807) is 10.7 Å². The standard InChI is InChI=1S/C22H21N5O2/c28-22(16-10-11-20-18(12-16)17-8-4-5-9-19(17)23-20)29-14-21-24-25-26-27(21)13-15-6-2-1-3-7-15/h1-3,6-7,10-12,23H,4-5,8-9,13-14H2. The largest absolute Gasteiger partial charge is 0.454 e. The van der Waals surface area contributed by atoms with Crippen molar-refractivity contribution in [1.82, 2.24) is 25.2 Å². The predicted octanol–water partition coefficient (Wildman–Crippen LogP) is 3.44. The van der Waals surface area contributed by atoms with Crippen molar-refractivity contribution in [2.45, 2.75) is 38.8 Å². The van der Waals surface area contributed by atoms with Gasteiger partial charge < -0.3 is 9.72 Å². The van der Waals surface area contributed by atoms with Gasteiger partial charge >= 0.3 is 5.97 Å². The van der Waals surface area contributed by atoms with E-state index in [-0.39, 0.29) is 12.6 Å². The summed E-state index contributed by atoms with van der Waals surface area (Å²) in [5.74, 6) is 0.147. The summed E-state index contributed by atoms with van der Waals surface area (Å²) in [4.78, 5) is 16.1. The average Bonchev–Trinajstić information content (AvgIpc) is 3.36. The normalized spacial score (nSPS) is 13.4. The van der Waals surface area contributed by atoms with Crippen molar-refractivity contribution in [2.24, 2.45) is 0 Å². The minimum atomic E-state index is -0.369. The van der Waals surface area contributed by atoms with Crippen molar-refractivity contribution in [3.05, 3.63) is 76.7 Å². The molecule has 146 valence electrons. The number of carbonyl (C=O) groups excluding carboxylic acids is 1. The molecule has 0 fully saturated rings. The second-order valence-electron chi connectivity index (χ2n) is 7.36. The zero-order valence-corrected chi connectivity index (χ0v) is 16.0. The summed E-state index contributed by atoms with van der Waals surface area (Å²) in [7, 11) is 0. The van der Waals surface area contributed by atoms with Crippen LogP contribution >= 0.6 is 0 Å². The van der Waals surface area contributed by atoms with Gasteiger partial charge in [0, 0.05) is 16.6 Å². The van der Waals surface area contributed by atoms with Crippen LogP contribution in [-0.4, -0.2) is 31.2 Å². The first-order valence-corrected chi connectivity index (χ1v) is 9.87. The maximum atomic E-state index is 12.6. The van der Waals surface area contributed by atoms with Crippen LogP contribution in [0.1, 0.15) is 45.8 Å². The van der Waals surface area contributed by atoms with Crippen molar-refractivity contribution in [3.63, 3.8) is 0 Å². The molecule has 0 saturated carbocycles. The Kier molecular flexibility index (Phi) is 4.56. The molecule has 2 aromatic carbocycles. The Balaban J connectivity index is 1.31. The van der Waals surface area contributed by atoms with E-state index in [1.165, 1.54) is 24.1 Å². The summed E-state index contributed by atoms with van der Waals surface area (Å²) in [5.41, 5.74) is 5.35. The van der Waals surface area contributed by atoms with E-state index < -0.39 is 0 Å². The van der Waals surface area contributed by atoms with Crippen LogP contribution in [0, 0.1) is 0 Å². The predicted molar refractivity (Wildman–Crippen MR) is 107 cm³/mol. The Hall–Kier alpha value is -3.48. The number of nitrogens with zero attached hydrogens (tertiary/aromatic N) is 4. The van der Waals surface area contributed by atoms with Crippen molar-refractivity contribution in [3.8, 4) is 0 Å². The Morgan fingerprint density at radius 2 is 1.97 bits per heavy atom. The van der Waals surface area contributed by atoms with Crippen LogP contribution in [-0.2, 0) is 30.7 Å². The van der Waals surface area contributed by atoms with E-state index in [4.69, 9.17) is 4.74 Å². The second kappa shape index (κ2) is 7.50. The molecule has 2 aromatic heterocycles. The molecule has 1 N–H and O–H groups in total. The maximum Gasteiger partial charge on any atom is 0.338 e. The summed E-state index contributed by atoms with van der Waals surface area (Å²) in [5, 5.41) is 12.8. The Morgan fingerprint density at radius 1 is 1.10 bits per heavy atom. The number of tetrazole rings is 1. The zero-order valence-electron chi connectivity index (χ0n) is 16.0. The number of hydrogen-bond donors (Lipinski definition) is 1. The molecule has 0 atom stereocenters. The van der Waals surface area contributed by atoms with Crippen molar-refractivity contribution < 1.29 is 9.53 Å². The number of hydrogen-bond acceptors (Lipinski definition) is 5. The van der Waals surface area contributed by atoms with Gasteiger partial charge in [0.1, 0.15) is 0 Å². The highest BCUT2D eigenvalue weighted by atomic mass is 16.5. The fourth-order valence-electron chi connectivity index (χ4n) is 3.95. The number of benzene rings is 2. The molecule has 29 heavy (non-hydrogen) atoms. The lowest BCUT2D eigenvalue weighted by Crippen LogP contribution is -2.11. The second-order valence-corrected chi connectivity index (χ2v) is 7.36. The highest BCUT2D eigenvalue weighted by molar-refractivity contribution is 5.96. The van der Waals surface area contributed by atoms with Crippen LogP contribution in [0.5, 0.6) is 0 Å². The molecular formula is C22H21N5O2. The number of H-pyrrole nitrogens is 1. The summed E-state index contributed by atoms with van der Waals surface area (Å²) in [6, 6.07) is 15.6. The molecule has 0 spiro atoms. The van der Waals surface area contributed by atoms with Crippen LogP contribution in [0.4, 0.5) is 0 Å². The van der Waals surface area contributed by atoms with Gasteiger partial charge in [0.15, 0.2) is 12.4 Å². The SMILES string of the molecule is O=C(OCc1nnnn1Cc1ccccc1)c1ccc2[nH]c3c(c2c1)CCCC3. The van der Waals surface area contributed by atoms with E-state index in [0.717, 1.165) is 29.3 Å². The van der Waals surface area contributed by atoms with E-state index in [0.29, 0.717) is 17.9 Å². The first-order chi connectivity index (χ1) is 14.3. The Bertz CT molecular complexity index is 1160. The van der Waals surface area contributed by atoms with Crippen LogP contribution in [0.2, 0.25) is 0 Å². The van der Waals surface area contributed by atoms with Gasteiger partial charge in [-0.3, -0.25) is 0 Å². The van der Waals surface area contributed by atoms with Crippen molar-refractivity contribution in [1.29, 1.82) is 0 Å². The molecule has 0 saturated heterocycles. The molecule has 0 radical (unpaired) electrons. The van der Waals surface area contributed by atoms with E-state index in [1.807, 2.05) is 42.5 Å². The molecule has 7 nitrogen and oxygen atoms in total. The number of aromatic amines is 1. The lowest BCUT2D eigenvalue weighted by atomic mass is 9.95. The van der Waals surface area contributed by atoms with Crippen LogP contribution in [0.3, 0.4) is 0 Å². The Labute approximate surface area is 167 Å². The van der Waals surface area contributed by atoms with Gasteiger partial charge in [-0.25, -0.2) is 9.48 Å². The minimum absolute atomic E-state index is 0.0297. The molecule has 4 aromatic rings. The maximum absolute atomic E-state index is 12.6. The minimum Gasteiger partial charge on any atom is -0.454 e. The molecule has 0 unspecified atom stereocenters. The summed E-state index contributed by atoms with van der Waals surface area (Å²) >= 11 is 0. The number of rotatable bonds is 5. The third-order valence-corrected chi connectivity index (χ3v) is 5.45. The topological polar surface area (TPSA) is 85.7 Å². The zero-order chi connectivity index (χ0) is 19.6. The molecular weight excluding hydrogens is 366 g/mol. The molecule has 0 bridgehead atoms. The highest BCUT2D eigenvalue weighted by Crippen LogP contribution is 2.29. The Morgan fingerprint density at radius 3 is 2.86 bits per heavy atom. The van der Waals surface area contributed by atoms with E-state index in [2.05, 4.69) is 20.5 Å². The smallest absolute Gasteiger partial charge is 0.338 e. The van der Waals surface area contributed by atoms with Crippen molar-refractivity contribution >= 4 is 16.9 Å². The van der Waals surface area contributed by atoms with E-state index in [9.17, 15) is 4.79 Å². The first kappa shape index (κ1) is 17.6. The highest BCUT2D eigenvalue weighted by Gasteiger charge is 2.18. The summed E-state index contributed by atoms with van der Waals surface area (Å²) in [6.45, 7) is 0.560. The quantitative estimate of drug-likeness (QED) is 0.530. The molecule has 0 amide bonds. The lowest BCUT2D eigenvalue weighted by Gasteiger charge is -2.10. The monoisotopic (exact) mass is 387 g/mol. The van der Waals surface area contributed by atoms with Crippen LogP contribution < -0.4 is 0 Å². The number of esters is 1. The van der Waals surface area contributed by atoms with Crippen LogP contribution in [0.15, 0.2) is 48.5 Å². The average molecular weight is 387 g/mol. The van der Waals surface area contributed by atoms with Gasteiger partial charge in [-0.2, -0.15) is 0 Å². The van der Waals surface area contributed by atoms with Gasteiger partial charge in [-0.05, 0) is 65.4 Å². The number of fused-ring (bicyclic) bond motifs is 3. The molecule has 1 aliphatic carbocycles. The molecule has 7 heteroatoms. The van der Waals surface area contributed by atoms with Crippen LogP contribution in [0.25, 0.3) is 10.9 Å². The third-order valence-electron chi connectivity index (χ3n) is 5.45. The molecule has 0 aliphatic heterocycles. The molecule has 1 aliphatic rings. The third kappa shape index (κ3) is 3.51. The van der Waals surface area contributed by atoms with Crippen molar-refractivity contribution in [2.75, 3.05) is 0 Å². The van der Waals surface area contributed by atoms with Gasteiger partial charge in [0.25, 0.3) is 0 Å².